The summed E-state index contributed by atoms with van der Waals surface area (Å²) in [6.07, 6.45) is 2.64. The van der Waals surface area contributed by atoms with Crippen molar-refractivity contribution >= 4 is 0 Å². The Morgan fingerprint density at radius 2 is 2.18 bits per heavy atom. The van der Waals surface area contributed by atoms with E-state index in [4.69, 9.17) is 0 Å². The van der Waals surface area contributed by atoms with Crippen molar-refractivity contribution in [3.8, 4) is 0 Å². The van der Waals surface area contributed by atoms with Crippen molar-refractivity contribution in [3.05, 3.63) is 34.9 Å². The van der Waals surface area contributed by atoms with E-state index in [2.05, 4.69) is 49.3 Å². The Morgan fingerprint density at radius 1 is 1.35 bits per heavy atom. The highest BCUT2D eigenvalue weighted by molar-refractivity contribution is 5.32. The Morgan fingerprint density at radius 3 is 2.94 bits per heavy atom. The summed E-state index contributed by atoms with van der Waals surface area (Å²) in [4.78, 5) is 2.42. The summed E-state index contributed by atoms with van der Waals surface area (Å²) >= 11 is 0. The van der Waals surface area contributed by atoms with E-state index in [1.54, 1.807) is 0 Å². The number of benzene rings is 1. The quantitative estimate of drug-likeness (QED) is 0.861. The van der Waals surface area contributed by atoms with Crippen LogP contribution >= 0.6 is 0 Å². The molecule has 1 aliphatic rings. The number of hydrogen-bond acceptors (Lipinski definition) is 2. The predicted octanol–water partition coefficient (Wildman–Crippen LogP) is 2.49. The molecule has 1 fully saturated rings. The van der Waals surface area contributed by atoms with Crippen LogP contribution in [0.15, 0.2) is 18.2 Å². The summed E-state index contributed by atoms with van der Waals surface area (Å²) in [5.74, 6) is 0. The van der Waals surface area contributed by atoms with E-state index in [1.165, 1.54) is 42.6 Å². The first-order valence-corrected chi connectivity index (χ1v) is 6.64. The average molecular weight is 232 g/mol. The van der Waals surface area contributed by atoms with Gasteiger partial charge in [0.05, 0.1) is 0 Å². The molecule has 1 aliphatic heterocycles. The third kappa shape index (κ3) is 3.30. The van der Waals surface area contributed by atoms with Crippen LogP contribution in [0, 0.1) is 13.8 Å². The van der Waals surface area contributed by atoms with Gasteiger partial charge in [0.2, 0.25) is 0 Å². The molecule has 1 saturated heterocycles. The van der Waals surface area contributed by atoms with Gasteiger partial charge in [0.15, 0.2) is 0 Å². The number of aryl methyl sites for hydroxylation is 1. The Labute approximate surface area is 105 Å². The van der Waals surface area contributed by atoms with Gasteiger partial charge in [-0.3, -0.25) is 0 Å². The summed E-state index contributed by atoms with van der Waals surface area (Å²) in [7, 11) is 2.21. The van der Waals surface area contributed by atoms with Crippen molar-refractivity contribution in [2.24, 2.45) is 0 Å². The van der Waals surface area contributed by atoms with Gasteiger partial charge in [-0.05, 0) is 57.0 Å². The topological polar surface area (TPSA) is 15.3 Å². The summed E-state index contributed by atoms with van der Waals surface area (Å²) in [6, 6.07) is 7.25. The lowest BCUT2D eigenvalue weighted by Crippen LogP contribution is -2.43. The van der Waals surface area contributed by atoms with Crippen LogP contribution in [0.2, 0.25) is 0 Å². The smallest absolute Gasteiger partial charge is 0.0211 e. The van der Waals surface area contributed by atoms with Crippen molar-refractivity contribution < 1.29 is 0 Å². The summed E-state index contributed by atoms with van der Waals surface area (Å²) in [6.45, 7) is 7.85. The molecule has 0 amide bonds. The molecule has 94 valence electrons. The Hall–Kier alpha value is -0.860. The molecule has 0 spiro atoms. The minimum atomic E-state index is 0.661. The summed E-state index contributed by atoms with van der Waals surface area (Å²) in [5, 5.41) is 3.69. The van der Waals surface area contributed by atoms with Gasteiger partial charge < -0.3 is 10.2 Å². The van der Waals surface area contributed by atoms with E-state index in [9.17, 15) is 0 Å². The second-order valence-corrected chi connectivity index (χ2v) is 5.34. The van der Waals surface area contributed by atoms with E-state index in [1.807, 2.05) is 0 Å². The number of piperidine rings is 1. The molecule has 2 heteroatoms. The highest BCUT2D eigenvalue weighted by atomic mass is 15.1. The van der Waals surface area contributed by atoms with Crippen molar-refractivity contribution in [3.63, 3.8) is 0 Å². The minimum absolute atomic E-state index is 0.661. The van der Waals surface area contributed by atoms with Gasteiger partial charge in [0.25, 0.3) is 0 Å². The Balaban J connectivity index is 1.91. The maximum absolute atomic E-state index is 3.69. The van der Waals surface area contributed by atoms with E-state index in [0.717, 1.165) is 6.54 Å². The lowest BCUT2D eigenvalue weighted by atomic mass is 10.0. The maximum atomic E-state index is 3.69. The largest absolute Gasteiger partial charge is 0.309 e. The molecule has 0 aliphatic carbocycles. The predicted molar refractivity (Wildman–Crippen MR) is 73.3 cm³/mol. The summed E-state index contributed by atoms with van der Waals surface area (Å²) < 4.78 is 0. The van der Waals surface area contributed by atoms with Crippen LogP contribution in [-0.4, -0.2) is 31.1 Å². The Bertz CT molecular complexity index is 373. The number of nitrogens with zero attached hydrogens (tertiary/aromatic N) is 1. The van der Waals surface area contributed by atoms with E-state index >= 15 is 0 Å². The van der Waals surface area contributed by atoms with Crippen LogP contribution < -0.4 is 5.32 Å². The van der Waals surface area contributed by atoms with Crippen molar-refractivity contribution in [2.45, 2.75) is 39.3 Å². The number of nitrogens with one attached hydrogen (secondary N) is 1. The second-order valence-electron chi connectivity index (χ2n) is 5.34. The molecule has 0 bridgehead atoms. The summed E-state index contributed by atoms with van der Waals surface area (Å²) in [5.41, 5.74) is 4.27. The fourth-order valence-corrected chi connectivity index (χ4v) is 2.59. The third-order valence-corrected chi connectivity index (χ3v) is 3.92. The van der Waals surface area contributed by atoms with Gasteiger partial charge in [-0.1, -0.05) is 18.2 Å². The fourth-order valence-electron chi connectivity index (χ4n) is 2.59. The molecule has 0 saturated carbocycles. The van der Waals surface area contributed by atoms with Gasteiger partial charge in [-0.15, -0.1) is 0 Å². The van der Waals surface area contributed by atoms with E-state index in [-0.39, 0.29) is 0 Å². The van der Waals surface area contributed by atoms with Crippen LogP contribution in [0.3, 0.4) is 0 Å². The molecule has 2 nitrogen and oxygen atoms in total. The molecule has 17 heavy (non-hydrogen) atoms. The molecular formula is C15H24N2. The lowest BCUT2D eigenvalue weighted by molar-refractivity contribution is 0.226. The molecular weight excluding hydrogens is 208 g/mol. The molecule has 1 aromatic rings. The molecule has 1 N–H and O–H groups in total. The minimum Gasteiger partial charge on any atom is -0.309 e. The number of hydrogen-bond donors (Lipinski definition) is 1. The van der Waals surface area contributed by atoms with Gasteiger partial charge in [0.1, 0.15) is 0 Å². The van der Waals surface area contributed by atoms with Crippen molar-refractivity contribution in [2.75, 3.05) is 20.1 Å². The lowest BCUT2D eigenvalue weighted by Gasteiger charge is -2.30. The SMILES string of the molecule is Cc1cccc(CNC2CCCN(C)C2)c1C. The molecule has 1 atom stereocenters. The highest BCUT2D eigenvalue weighted by Gasteiger charge is 2.16. The van der Waals surface area contributed by atoms with Crippen molar-refractivity contribution in [1.82, 2.24) is 10.2 Å². The zero-order chi connectivity index (χ0) is 12.3. The van der Waals surface area contributed by atoms with Gasteiger partial charge in [0, 0.05) is 19.1 Å². The average Bonchev–Trinajstić information content (AvgIpc) is 2.31. The van der Waals surface area contributed by atoms with Gasteiger partial charge >= 0.3 is 0 Å². The number of rotatable bonds is 3. The first-order valence-electron chi connectivity index (χ1n) is 6.64. The molecule has 1 aromatic carbocycles. The van der Waals surface area contributed by atoms with Crippen LogP contribution in [0.25, 0.3) is 0 Å². The van der Waals surface area contributed by atoms with Gasteiger partial charge in [-0.2, -0.15) is 0 Å². The number of likely N-dealkylation sites (N-methyl/N-ethyl adjacent to an activating group) is 1. The Kier molecular flexibility index (Phi) is 4.19. The van der Waals surface area contributed by atoms with Crippen LogP contribution in [0.1, 0.15) is 29.5 Å². The van der Waals surface area contributed by atoms with E-state index < -0.39 is 0 Å². The normalized spacial score (nSPS) is 21.7. The first kappa shape index (κ1) is 12.6. The third-order valence-electron chi connectivity index (χ3n) is 3.92. The monoisotopic (exact) mass is 232 g/mol. The van der Waals surface area contributed by atoms with Crippen molar-refractivity contribution in [1.29, 1.82) is 0 Å². The van der Waals surface area contributed by atoms with E-state index in [0.29, 0.717) is 6.04 Å². The molecule has 2 rings (SSSR count). The maximum Gasteiger partial charge on any atom is 0.0211 e. The zero-order valence-corrected chi connectivity index (χ0v) is 11.3. The molecule has 0 aromatic heterocycles. The second kappa shape index (κ2) is 5.65. The van der Waals surface area contributed by atoms with Crippen LogP contribution in [-0.2, 0) is 6.54 Å². The molecule has 1 unspecified atom stereocenters. The first-order chi connectivity index (χ1) is 8.16. The van der Waals surface area contributed by atoms with Gasteiger partial charge in [-0.25, -0.2) is 0 Å². The molecule has 0 radical (unpaired) electrons. The fraction of sp³-hybridized carbons (Fsp3) is 0.600. The highest BCUT2D eigenvalue weighted by Crippen LogP contribution is 2.14. The zero-order valence-electron chi connectivity index (χ0n) is 11.3. The number of likely N-dealkylation sites (tertiary alicyclic amines) is 1. The standard InChI is InChI=1S/C15H24N2/c1-12-6-4-7-14(13(12)2)10-16-15-8-5-9-17(3)11-15/h4,6-7,15-16H,5,8-11H2,1-3H3. The van der Waals surface area contributed by atoms with Crippen LogP contribution in [0.5, 0.6) is 0 Å². The molecule has 1 heterocycles. The van der Waals surface area contributed by atoms with Crippen LogP contribution in [0.4, 0.5) is 0 Å².